The van der Waals surface area contributed by atoms with Gasteiger partial charge in [-0.3, -0.25) is 4.98 Å². The zero-order valence-electron chi connectivity index (χ0n) is 31.5. The zero-order chi connectivity index (χ0) is 38.4. The van der Waals surface area contributed by atoms with Crippen LogP contribution in [0.4, 0.5) is 0 Å². The molecular weight excluding hydrogens is 703 g/mol. The third-order valence-corrected chi connectivity index (χ3v) is 11.3. The summed E-state index contributed by atoms with van der Waals surface area (Å²) in [5.41, 5.74) is 11.5. The molecule has 0 radical (unpaired) electrons. The summed E-state index contributed by atoms with van der Waals surface area (Å²) < 4.78 is 0. The first kappa shape index (κ1) is 33.6. The number of nitrogens with zero attached hydrogens (tertiary/aromatic N) is 3. The summed E-state index contributed by atoms with van der Waals surface area (Å²) in [6, 6.07) is 71.5. The van der Waals surface area contributed by atoms with Crippen LogP contribution in [0.25, 0.3) is 110 Å². The maximum Gasteiger partial charge on any atom is 0.160 e. The molecule has 11 aromatic rings. The summed E-state index contributed by atoms with van der Waals surface area (Å²) in [6.45, 7) is 0. The van der Waals surface area contributed by atoms with Gasteiger partial charge in [0.05, 0.1) is 11.4 Å². The number of fused-ring (bicyclic) bond motifs is 7. The molecule has 0 aliphatic carbocycles. The lowest BCUT2D eigenvalue weighted by Gasteiger charge is -2.13. The smallest absolute Gasteiger partial charge is 0.160 e. The van der Waals surface area contributed by atoms with Gasteiger partial charge < -0.3 is 0 Å². The summed E-state index contributed by atoms with van der Waals surface area (Å²) >= 11 is 0. The van der Waals surface area contributed by atoms with Crippen molar-refractivity contribution in [1.29, 1.82) is 0 Å². The van der Waals surface area contributed by atoms with Crippen LogP contribution in [0.5, 0.6) is 0 Å². The van der Waals surface area contributed by atoms with Crippen LogP contribution < -0.4 is 0 Å². The Kier molecular flexibility index (Phi) is 8.15. The van der Waals surface area contributed by atoms with Crippen LogP contribution >= 0.6 is 0 Å². The highest BCUT2D eigenvalue weighted by Crippen LogP contribution is 2.38. The van der Waals surface area contributed by atoms with Crippen LogP contribution in [-0.4, -0.2) is 15.0 Å². The fourth-order valence-corrected chi connectivity index (χ4v) is 8.39. The van der Waals surface area contributed by atoms with Gasteiger partial charge in [0.1, 0.15) is 0 Å². The Morgan fingerprint density at radius 3 is 1.47 bits per heavy atom. The van der Waals surface area contributed by atoms with Crippen molar-refractivity contribution in [1.82, 2.24) is 15.0 Å². The van der Waals surface area contributed by atoms with Crippen LogP contribution in [0.2, 0.25) is 0 Å². The van der Waals surface area contributed by atoms with E-state index in [1.807, 2.05) is 12.3 Å². The maximum atomic E-state index is 5.29. The summed E-state index contributed by atoms with van der Waals surface area (Å²) in [5, 5.41) is 10.0. The molecule has 2 heterocycles. The summed E-state index contributed by atoms with van der Waals surface area (Å²) in [7, 11) is 0. The monoisotopic (exact) mass is 737 g/mol. The third-order valence-electron chi connectivity index (χ3n) is 11.3. The first-order chi connectivity index (χ1) is 28.7. The highest BCUT2D eigenvalue weighted by atomic mass is 14.9. The highest BCUT2D eigenvalue weighted by Gasteiger charge is 2.15. The molecule has 0 aliphatic heterocycles. The minimum absolute atomic E-state index is 0.680. The van der Waals surface area contributed by atoms with Gasteiger partial charge in [-0.05, 0) is 113 Å². The van der Waals surface area contributed by atoms with Gasteiger partial charge in [0.2, 0.25) is 0 Å². The highest BCUT2D eigenvalue weighted by molar-refractivity contribution is 6.25. The lowest BCUT2D eigenvalue weighted by atomic mass is 9.92. The van der Waals surface area contributed by atoms with Crippen molar-refractivity contribution >= 4 is 43.1 Å². The standard InChI is InChI=1S/C55H35N3/c1-2-11-39-30-42(26-23-36(39)10-1)40-12-7-14-44(31-40)54-34-53(38-24-21-37(22-25-38)46-16-9-29-56-35-46)57-55(58-54)45-15-8-13-41(32-45)43-27-28-51-49-19-4-3-17-47(49)48-18-5-6-20-50(48)52(51)33-43/h1-35H. The van der Waals surface area contributed by atoms with Crippen LogP contribution in [0.3, 0.4) is 0 Å². The molecule has 0 fully saturated rings. The minimum atomic E-state index is 0.680. The van der Waals surface area contributed by atoms with E-state index in [2.05, 4.69) is 199 Å². The number of hydrogen-bond acceptors (Lipinski definition) is 3. The molecule has 0 aliphatic rings. The van der Waals surface area contributed by atoms with Crippen molar-refractivity contribution in [3.05, 3.63) is 213 Å². The van der Waals surface area contributed by atoms with Crippen molar-refractivity contribution in [2.75, 3.05) is 0 Å². The molecule has 2 aromatic heterocycles. The molecule has 0 saturated heterocycles. The second kappa shape index (κ2) is 14.1. The predicted molar refractivity (Wildman–Crippen MR) is 242 cm³/mol. The Morgan fingerprint density at radius 2 is 0.759 bits per heavy atom. The Balaban J connectivity index is 1.04. The maximum absolute atomic E-state index is 5.29. The Hall–Kier alpha value is -7.75. The van der Waals surface area contributed by atoms with Crippen molar-refractivity contribution in [3.63, 3.8) is 0 Å². The van der Waals surface area contributed by atoms with Gasteiger partial charge in [-0.25, -0.2) is 9.97 Å². The van der Waals surface area contributed by atoms with Crippen LogP contribution in [0.1, 0.15) is 0 Å². The Labute approximate surface area is 336 Å². The summed E-state index contributed by atoms with van der Waals surface area (Å²) in [5.74, 6) is 0.680. The number of rotatable bonds is 6. The van der Waals surface area contributed by atoms with Gasteiger partial charge in [0.25, 0.3) is 0 Å². The SMILES string of the molecule is c1cncc(-c2ccc(-c3cc(-c4cccc(-c5ccc6ccccc6c5)c4)nc(-c4cccc(-c5ccc6c7ccccc7c7ccccc7c6c5)c4)n3)cc2)c1. The van der Waals surface area contributed by atoms with E-state index in [0.29, 0.717) is 5.82 Å². The first-order valence-electron chi connectivity index (χ1n) is 19.7. The van der Waals surface area contributed by atoms with E-state index in [4.69, 9.17) is 9.97 Å². The van der Waals surface area contributed by atoms with Gasteiger partial charge in [-0.2, -0.15) is 0 Å². The fraction of sp³-hybridized carbons (Fsp3) is 0. The van der Waals surface area contributed by atoms with E-state index >= 15 is 0 Å². The van der Waals surface area contributed by atoms with E-state index < -0.39 is 0 Å². The second-order valence-corrected chi connectivity index (χ2v) is 14.9. The molecule has 0 amide bonds. The van der Waals surface area contributed by atoms with Crippen LogP contribution in [0, 0.1) is 0 Å². The first-order valence-corrected chi connectivity index (χ1v) is 19.7. The molecule has 9 aromatic carbocycles. The third kappa shape index (κ3) is 6.07. The van der Waals surface area contributed by atoms with Crippen LogP contribution in [-0.2, 0) is 0 Å². The van der Waals surface area contributed by atoms with Gasteiger partial charge in [-0.1, -0.05) is 164 Å². The Bertz CT molecular complexity index is 3300. The molecule has 0 bridgehead atoms. The number of aromatic nitrogens is 3. The van der Waals surface area contributed by atoms with E-state index in [0.717, 1.165) is 55.9 Å². The molecular formula is C55H35N3. The minimum Gasteiger partial charge on any atom is -0.264 e. The van der Waals surface area contributed by atoms with E-state index in [-0.39, 0.29) is 0 Å². The zero-order valence-corrected chi connectivity index (χ0v) is 31.5. The molecule has 58 heavy (non-hydrogen) atoms. The van der Waals surface area contributed by atoms with Crippen LogP contribution in [0.15, 0.2) is 213 Å². The molecule has 0 N–H and O–H groups in total. The fourth-order valence-electron chi connectivity index (χ4n) is 8.39. The van der Waals surface area contributed by atoms with Crippen molar-refractivity contribution in [2.45, 2.75) is 0 Å². The lowest BCUT2D eigenvalue weighted by molar-refractivity contribution is 1.18. The van der Waals surface area contributed by atoms with Crippen molar-refractivity contribution in [2.24, 2.45) is 0 Å². The molecule has 0 saturated carbocycles. The average Bonchev–Trinajstić information content (AvgIpc) is 3.31. The van der Waals surface area contributed by atoms with Crippen molar-refractivity contribution in [3.8, 4) is 67.3 Å². The quantitative estimate of drug-likeness (QED) is 0.160. The molecule has 3 nitrogen and oxygen atoms in total. The van der Waals surface area contributed by atoms with E-state index in [9.17, 15) is 0 Å². The van der Waals surface area contributed by atoms with Gasteiger partial charge >= 0.3 is 0 Å². The van der Waals surface area contributed by atoms with E-state index in [1.165, 1.54) is 48.7 Å². The van der Waals surface area contributed by atoms with Crippen molar-refractivity contribution < 1.29 is 0 Å². The topological polar surface area (TPSA) is 38.7 Å². The molecule has 11 rings (SSSR count). The molecule has 0 spiro atoms. The Morgan fingerprint density at radius 1 is 0.259 bits per heavy atom. The molecule has 3 heteroatoms. The summed E-state index contributed by atoms with van der Waals surface area (Å²) in [6.07, 6.45) is 3.70. The number of pyridine rings is 1. The number of benzene rings is 9. The molecule has 0 atom stereocenters. The normalized spacial score (nSPS) is 11.4. The average molecular weight is 738 g/mol. The molecule has 0 unspecified atom stereocenters. The van der Waals surface area contributed by atoms with Gasteiger partial charge in [0, 0.05) is 29.1 Å². The van der Waals surface area contributed by atoms with Gasteiger partial charge in [0.15, 0.2) is 5.82 Å². The second-order valence-electron chi connectivity index (χ2n) is 14.9. The predicted octanol–water partition coefficient (Wildman–Crippen LogP) is 14.5. The largest absolute Gasteiger partial charge is 0.264 e. The summed E-state index contributed by atoms with van der Waals surface area (Å²) in [4.78, 5) is 14.9. The lowest BCUT2D eigenvalue weighted by Crippen LogP contribution is -1.96. The molecule has 270 valence electrons. The van der Waals surface area contributed by atoms with Gasteiger partial charge in [-0.15, -0.1) is 0 Å². The number of hydrogen-bond donors (Lipinski definition) is 0. The van der Waals surface area contributed by atoms with E-state index in [1.54, 1.807) is 6.20 Å².